The van der Waals surface area contributed by atoms with Gasteiger partial charge in [0.2, 0.25) is 0 Å². The zero-order valence-corrected chi connectivity index (χ0v) is 10.2. The van der Waals surface area contributed by atoms with Crippen LogP contribution in [0.15, 0.2) is 18.2 Å². The number of hydrogen-bond donors (Lipinski definition) is 2. The Hall–Kier alpha value is -2.31. The van der Waals surface area contributed by atoms with E-state index in [9.17, 15) is 14.0 Å². The van der Waals surface area contributed by atoms with Crippen LogP contribution in [0, 0.1) is 5.82 Å². The molecule has 102 valence electrons. The summed E-state index contributed by atoms with van der Waals surface area (Å²) in [6, 6.07) is 4.22. The lowest BCUT2D eigenvalue weighted by molar-refractivity contribution is -0.136. The van der Waals surface area contributed by atoms with Crippen molar-refractivity contribution in [1.82, 2.24) is 5.32 Å². The molecular weight excluding hydrogens is 255 g/mol. The molecule has 7 heteroatoms. The van der Waals surface area contributed by atoms with Gasteiger partial charge in [0.1, 0.15) is 6.54 Å². The second-order valence-corrected chi connectivity index (χ2v) is 4.08. The van der Waals surface area contributed by atoms with Gasteiger partial charge in [-0.25, -0.2) is 4.39 Å². The summed E-state index contributed by atoms with van der Waals surface area (Å²) in [4.78, 5) is 23.8. The van der Waals surface area contributed by atoms with E-state index in [1.807, 2.05) is 0 Å². The van der Waals surface area contributed by atoms with E-state index in [0.717, 1.165) is 0 Å². The molecule has 1 aromatic rings. The van der Waals surface area contributed by atoms with Gasteiger partial charge in [-0.05, 0) is 12.1 Å². The molecule has 0 saturated heterocycles. The highest BCUT2D eigenvalue weighted by Crippen LogP contribution is 2.35. The van der Waals surface area contributed by atoms with E-state index in [2.05, 4.69) is 5.32 Å². The van der Waals surface area contributed by atoms with Crippen LogP contribution < -0.4 is 15.0 Å². The molecule has 1 aromatic carbocycles. The van der Waals surface area contributed by atoms with Gasteiger partial charge in [-0.3, -0.25) is 9.59 Å². The molecule has 0 saturated carbocycles. The molecule has 1 atom stereocenters. The summed E-state index contributed by atoms with van der Waals surface area (Å²) in [7, 11) is 1.43. The number of anilines is 1. The maximum atomic E-state index is 13.7. The number of nitrogens with one attached hydrogen (secondary N) is 1. The van der Waals surface area contributed by atoms with E-state index in [4.69, 9.17) is 9.84 Å². The maximum absolute atomic E-state index is 13.7. The molecule has 0 fully saturated rings. The van der Waals surface area contributed by atoms with Crippen LogP contribution in [-0.2, 0) is 9.59 Å². The quantitative estimate of drug-likeness (QED) is 0.820. The summed E-state index contributed by atoms with van der Waals surface area (Å²) in [6.07, 6.45) is -0.936. The number of para-hydroxylation sites is 1. The van der Waals surface area contributed by atoms with Crippen molar-refractivity contribution in [2.45, 2.75) is 6.10 Å². The van der Waals surface area contributed by atoms with Crippen molar-refractivity contribution < 1.29 is 23.8 Å². The predicted octanol–water partition coefficient (Wildman–Crippen LogP) is 0.224. The molecule has 19 heavy (non-hydrogen) atoms. The minimum absolute atomic E-state index is 0.0580. The zero-order valence-electron chi connectivity index (χ0n) is 10.2. The zero-order chi connectivity index (χ0) is 14.0. The van der Waals surface area contributed by atoms with Gasteiger partial charge in [-0.15, -0.1) is 0 Å². The second kappa shape index (κ2) is 5.13. The van der Waals surface area contributed by atoms with Gasteiger partial charge in [0, 0.05) is 7.05 Å². The molecule has 0 aliphatic carbocycles. The van der Waals surface area contributed by atoms with Crippen LogP contribution in [-0.4, -0.2) is 43.2 Å². The topological polar surface area (TPSA) is 78.9 Å². The summed E-state index contributed by atoms with van der Waals surface area (Å²) >= 11 is 0. The summed E-state index contributed by atoms with van der Waals surface area (Å²) in [5, 5.41) is 11.3. The highest BCUT2D eigenvalue weighted by atomic mass is 19.1. The van der Waals surface area contributed by atoms with E-state index >= 15 is 0 Å². The average molecular weight is 268 g/mol. The first-order chi connectivity index (χ1) is 9.02. The van der Waals surface area contributed by atoms with Crippen LogP contribution in [0.1, 0.15) is 0 Å². The molecule has 1 amide bonds. The average Bonchev–Trinajstić information content (AvgIpc) is 2.38. The van der Waals surface area contributed by atoms with Crippen molar-refractivity contribution >= 4 is 17.6 Å². The standard InChI is InChI=1S/C12H13FN2O4/c1-14-12(18)9-5-15(6-10(16)17)8-4-2-3-7(13)11(8)19-9/h2-4,9H,5-6H2,1H3,(H,14,18)(H,16,17). The monoisotopic (exact) mass is 268 g/mol. The number of amides is 1. The van der Waals surface area contributed by atoms with Gasteiger partial charge >= 0.3 is 5.97 Å². The predicted molar refractivity (Wildman–Crippen MR) is 64.7 cm³/mol. The number of ether oxygens (including phenoxy) is 1. The van der Waals surface area contributed by atoms with Crippen LogP contribution in [0.25, 0.3) is 0 Å². The lowest BCUT2D eigenvalue weighted by Crippen LogP contribution is -2.49. The Bertz CT molecular complexity index is 520. The number of carboxylic acid groups (broad SMARTS) is 1. The molecule has 2 N–H and O–H groups in total. The molecule has 1 aliphatic rings. The number of carbonyl (C=O) groups excluding carboxylic acids is 1. The third-order valence-corrected chi connectivity index (χ3v) is 2.80. The van der Waals surface area contributed by atoms with Crippen molar-refractivity contribution in [2.24, 2.45) is 0 Å². The van der Waals surface area contributed by atoms with E-state index in [1.165, 1.54) is 24.1 Å². The number of benzene rings is 1. The number of aliphatic carboxylic acids is 1. The van der Waals surface area contributed by atoms with Gasteiger partial charge in [0.25, 0.3) is 5.91 Å². The highest BCUT2D eigenvalue weighted by Gasteiger charge is 2.32. The number of likely N-dealkylation sites (N-methyl/N-ethyl adjacent to an activating group) is 1. The van der Waals surface area contributed by atoms with Gasteiger partial charge in [-0.2, -0.15) is 0 Å². The van der Waals surface area contributed by atoms with E-state index < -0.39 is 23.8 Å². The van der Waals surface area contributed by atoms with Crippen LogP contribution in [0.4, 0.5) is 10.1 Å². The molecule has 2 rings (SSSR count). The fourth-order valence-corrected chi connectivity index (χ4v) is 1.95. The Morgan fingerprint density at radius 1 is 1.58 bits per heavy atom. The van der Waals surface area contributed by atoms with Crippen molar-refractivity contribution in [3.63, 3.8) is 0 Å². The van der Waals surface area contributed by atoms with E-state index in [1.54, 1.807) is 6.07 Å². The Labute approximate surface area is 108 Å². The minimum atomic E-state index is -1.06. The molecule has 0 bridgehead atoms. The molecular formula is C12H13FN2O4. The third kappa shape index (κ3) is 2.59. The lowest BCUT2D eigenvalue weighted by Gasteiger charge is -2.34. The number of carbonyl (C=O) groups is 2. The molecule has 1 unspecified atom stereocenters. The normalized spacial score (nSPS) is 17.4. The van der Waals surface area contributed by atoms with E-state index in [0.29, 0.717) is 5.69 Å². The Balaban J connectivity index is 2.37. The van der Waals surface area contributed by atoms with Crippen molar-refractivity contribution in [3.05, 3.63) is 24.0 Å². The van der Waals surface area contributed by atoms with Crippen molar-refractivity contribution in [2.75, 3.05) is 25.0 Å². The molecule has 0 radical (unpaired) electrons. The van der Waals surface area contributed by atoms with E-state index in [-0.39, 0.29) is 18.8 Å². The van der Waals surface area contributed by atoms with Crippen LogP contribution in [0.3, 0.4) is 0 Å². The van der Waals surface area contributed by atoms with Crippen molar-refractivity contribution in [1.29, 1.82) is 0 Å². The number of nitrogens with zero attached hydrogens (tertiary/aromatic N) is 1. The van der Waals surface area contributed by atoms with Crippen LogP contribution in [0.2, 0.25) is 0 Å². The first-order valence-electron chi connectivity index (χ1n) is 5.66. The van der Waals surface area contributed by atoms with Gasteiger partial charge in [-0.1, -0.05) is 6.07 Å². The molecule has 1 aliphatic heterocycles. The smallest absolute Gasteiger partial charge is 0.323 e. The first-order valence-corrected chi connectivity index (χ1v) is 5.66. The molecule has 1 heterocycles. The maximum Gasteiger partial charge on any atom is 0.323 e. The highest BCUT2D eigenvalue weighted by molar-refractivity contribution is 5.84. The van der Waals surface area contributed by atoms with Crippen molar-refractivity contribution in [3.8, 4) is 5.75 Å². The minimum Gasteiger partial charge on any atom is -0.480 e. The van der Waals surface area contributed by atoms with Gasteiger partial charge in [0.15, 0.2) is 17.7 Å². The molecule has 0 spiro atoms. The number of carboxylic acids is 1. The molecule has 0 aromatic heterocycles. The first kappa shape index (κ1) is 13.1. The summed E-state index contributed by atoms with van der Waals surface area (Å²) in [5.41, 5.74) is 0.336. The summed E-state index contributed by atoms with van der Waals surface area (Å²) < 4.78 is 19.0. The van der Waals surface area contributed by atoms with Gasteiger partial charge < -0.3 is 20.1 Å². The number of hydrogen-bond acceptors (Lipinski definition) is 4. The molecule has 6 nitrogen and oxygen atoms in total. The van der Waals surface area contributed by atoms with Crippen LogP contribution >= 0.6 is 0 Å². The second-order valence-electron chi connectivity index (χ2n) is 4.08. The fraction of sp³-hybridized carbons (Fsp3) is 0.333. The fourth-order valence-electron chi connectivity index (χ4n) is 1.95. The lowest BCUT2D eigenvalue weighted by atomic mass is 10.1. The van der Waals surface area contributed by atoms with Crippen LogP contribution in [0.5, 0.6) is 5.75 Å². The summed E-state index contributed by atoms with van der Waals surface area (Å²) in [5.74, 6) is -2.21. The Kier molecular flexibility index (Phi) is 3.55. The Morgan fingerprint density at radius 2 is 2.32 bits per heavy atom. The van der Waals surface area contributed by atoms with Gasteiger partial charge in [0.05, 0.1) is 12.2 Å². The largest absolute Gasteiger partial charge is 0.480 e. The SMILES string of the molecule is CNC(=O)C1CN(CC(=O)O)c2cccc(F)c2O1. The number of fused-ring (bicyclic) bond motifs is 1. The number of rotatable bonds is 3. The number of halogens is 1. The summed E-state index contributed by atoms with van der Waals surface area (Å²) in [6.45, 7) is -0.268. The Morgan fingerprint density at radius 3 is 2.95 bits per heavy atom. The third-order valence-electron chi connectivity index (χ3n) is 2.80.